The van der Waals surface area contributed by atoms with E-state index in [1.165, 1.54) is 19.2 Å². The number of rotatable bonds is 6. The van der Waals surface area contributed by atoms with Crippen LogP contribution in [0.2, 0.25) is 0 Å². The zero-order chi connectivity index (χ0) is 16.7. The first kappa shape index (κ1) is 16.5. The van der Waals surface area contributed by atoms with Gasteiger partial charge in [-0.1, -0.05) is 42.5 Å². The average molecular weight is 313 g/mol. The molecular formula is C18H19NO4. The molecule has 120 valence electrons. The predicted molar refractivity (Wildman–Crippen MR) is 85.9 cm³/mol. The zero-order valence-corrected chi connectivity index (χ0v) is 12.9. The van der Waals surface area contributed by atoms with Crippen LogP contribution < -0.4 is 5.32 Å². The van der Waals surface area contributed by atoms with Gasteiger partial charge >= 0.3 is 5.97 Å². The molecule has 0 aliphatic carbocycles. The van der Waals surface area contributed by atoms with Gasteiger partial charge in [-0.05, 0) is 23.3 Å². The van der Waals surface area contributed by atoms with Crippen LogP contribution in [-0.4, -0.2) is 30.1 Å². The predicted octanol–water partition coefficient (Wildman–Crippen LogP) is 1.84. The molecule has 23 heavy (non-hydrogen) atoms. The number of hydrogen-bond acceptors (Lipinski definition) is 4. The summed E-state index contributed by atoms with van der Waals surface area (Å²) in [6.45, 7) is 0. The van der Waals surface area contributed by atoms with Crippen molar-refractivity contribution in [2.24, 2.45) is 0 Å². The molecule has 5 nitrogen and oxygen atoms in total. The van der Waals surface area contributed by atoms with Gasteiger partial charge in [-0.15, -0.1) is 0 Å². The Morgan fingerprint density at radius 1 is 1.04 bits per heavy atom. The van der Waals surface area contributed by atoms with Crippen LogP contribution in [0.25, 0.3) is 0 Å². The molecule has 2 rings (SSSR count). The molecule has 0 aliphatic heterocycles. The largest absolute Gasteiger partial charge is 0.508 e. The molecule has 0 radical (unpaired) electrons. The number of phenols is 1. The van der Waals surface area contributed by atoms with E-state index in [0.29, 0.717) is 6.42 Å². The minimum atomic E-state index is -0.763. The molecule has 5 heteroatoms. The summed E-state index contributed by atoms with van der Waals surface area (Å²) in [5, 5.41) is 12.0. The van der Waals surface area contributed by atoms with Gasteiger partial charge in [0.15, 0.2) is 0 Å². The van der Waals surface area contributed by atoms with Gasteiger partial charge in [-0.25, -0.2) is 4.79 Å². The van der Waals surface area contributed by atoms with Gasteiger partial charge in [0.1, 0.15) is 11.8 Å². The highest BCUT2D eigenvalue weighted by Gasteiger charge is 2.22. The van der Waals surface area contributed by atoms with E-state index in [1.807, 2.05) is 30.3 Å². The van der Waals surface area contributed by atoms with E-state index >= 15 is 0 Å². The van der Waals surface area contributed by atoms with Crippen molar-refractivity contribution in [3.8, 4) is 5.75 Å². The molecule has 1 amide bonds. The molecule has 0 aliphatic rings. The number of ether oxygens (including phenoxy) is 1. The summed E-state index contributed by atoms with van der Waals surface area (Å²) in [5.41, 5.74) is 1.69. The highest BCUT2D eigenvalue weighted by Crippen LogP contribution is 2.12. The number of methoxy groups -OCH3 is 1. The Kier molecular flexibility index (Phi) is 5.74. The lowest BCUT2D eigenvalue weighted by Gasteiger charge is -2.16. The summed E-state index contributed by atoms with van der Waals surface area (Å²) in [4.78, 5) is 24.0. The van der Waals surface area contributed by atoms with E-state index in [9.17, 15) is 14.7 Å². The number of esters is 1. The third-order valence-electron chi connectivity index (χ3n) is 3.40. The normalized spacial score (nSPS) is 11.5. The molecule has 0 saturated heterocycles. The Bertz CT molecular complexity index is 652. The number of hydrogen-bond donors (Lipinski definition) is 2. The number of carbonyl (C=O) groups excluding carboxylic acids is 2. The van der Waals surface area contributed by atoms with Crippen molar-refractivity contribution in [2.75, 3.05) is 7.11 Å². The van der Waals surface area contributed by atoms with Gasteiger partial charge in [-0.3, -0.25) is 4.79 Å². The van der Waals surface area contributed by atoms with Crippen molar-refractivity contribution in [2.45, 2.75) is 18.9 Å². The molecule has 0 fully saturated rings. The maximum Gasteiger partial charge on any atom is 0.328 e. The van der Waals surface area contributed by atoms with Gasteiger partial charge in [0.05, 0.1) is 13.5 Å². The molecule has 1 atom stereocenters. The summed E-state index contributed by atoms with van der Waals surface area (Å²) in [5.74, 6) is -0.596. The fourth-order valence-electron chi connectivity index (χ4n) is 2.23. The van der Waals surface area contributed by atoms with Gasteiger partial charge in [0.25, 0.3) is 0 Å². The van der Waals surface area contributed by atoms with Crippen LogP contribution in [0.1, 0.15) is 11.1 Å². The number of benzene rings is 2. The molecule has 0 bridgehead atoms. The van der Waals surface area contributed by atoms with Crippen molar-refractivity contribution in [1.29, 1.82) is 0 Å². The van der Waals surface area contributed by atoms with E-state index in [0.717, 1.165) is 11.1 Å². The SMILES string of the molecule is COC(=O)C(Cc1ccc(O)cc1)NC(=O)Cc1ccccc1. The van der Waals surface area contributed by atoms with Crippen LogP contribution in [0.3, 0.4) is 0 Å². The fourth-order valence-corrected chi connectivity index (χ4v) is 2.23. The zero-order valence-electron chi connectivity index (χ0n) is 12.9. The molecule has 2 aromatic carbocycles. The maximum absolute atomic E-state index is 12.1. The second-order valence-electron chi connectivity index (χ2n) is 5.18. The van der Waals surface area contributed by atoms with Crippen LogP contribution in [-0.2, 0) is 27.2 Å². The Labute approximate surface area is 134 Å². The first-order chi connectivity index (χ1) is 11.1. The van der Waals surface area contributed by atoms with Gasteiger partial charge in [-0.2, -0.15) is 0 Å². The van der Waals surface area contributed by atoms with Crippen LogP contribution in [0.4, 0.5) is 0 Å². The summed E-state index contributed by atoms with van der Waals surface area (Å²) in [6, 6.07) is 15.0. The molecule has 0 aromatic heterocycles. The number of phenolic OH excluding ortho intramolecular Hbond substituents is 1. The monoisotopic (exact) mass is 313 g/mol. The summed E-state index contributed by atoms with van der Waals surface area (Å²) in [7, 11) is 1.29. The van der Waals surface area contributed by atoms with Crippen molar-refractivity contribution >= 4 is 11.9 Å². The number of amides is 1. The van der Waals surface area contributed by atoms with E-state index in [2.05, 4.69) is 5.32 Å². The summed E-state index contributed by atoms with van der Waals surface area (Å²) in [6.07, 6.45) is 0.497. The molecule has 2 aromatic rings. The number of aromatic hydroxyl groups is 1. The lowest BCUT2D eigenvalue weighted by molar-refractivity contribution is -0.145. The van der Waals surface area contributed by atoms with Gasteiger partial charge in [0, 0.05) is 6.42 Å². The Morgan fingerprint density at radius 2 is 1.70 bits per heavy atom. The summed E-state index contributed by atoms with van der Waals surface area (Å²) >= 11 is 0. The van der Waals surface area contributed by atoms with E-state index in [4.69, 9.17) is 4.74 Å². The van der Waals surface area contributed by atoms with Crippen LogP contribution >= 0.6 is 0 Å². The van der Waals surface area contributed by atoms with Crippen LogP contribution in [0.5, 0.6) is 5.75 Å². The highest BCUT2D eigenvalue weighted by atomic mass is 16.5. The molecule has 2 N–H and O–H groups in total. The third kappa shape index (κ3) is 5.14. The Hall–Kier alpha value is -2.82. The second-order valence-corrected chi connectivity index (χ2v) is 5.18. The fraction of sp³-hybridized carbons (Fsp3) is 0.222. The number of carbonyl (C=O) groups is 2. The van der Waals surface area contributed by atoms with Gasteiger partial charge in [0.2, 0.25) is 5.91 Å². The van der Waals surface area contributed by atoms with Crippen LogP contribution in [0.15, 0.2) is 54.6 Å². The van der Waals surface area contributed by atoms with E-state index in [1.54, 1.807) is 12.1 Å². The Morgan fingerprint density at radius 3 is 2.30 bits per heavy atom. The standard InChI is InChI=1S/C18H19NO4/c1-23-18(22)16(11-14-7-9-15(20)10-8-14)19-17(21)12-13-5-3-2-4-6-13/h2-10,16,20H,11-12H2,1H3,(H,19,21). The van der Waals surface area contributed by atoms with Crippen molar-refractivity contribution in [3.05, 3.63) is 65.7 Å². The topological polar surface area (TPSA) is 75.6 Å². The molecule has 0 heterocycles. The van der Waals surface area contributed by atoms with E-state index < -0.39 is 12.0 Å². The van der Waals surface area contributed by atoms with Crippen molar-refractivity contribution in [3.63, 3.8) is 0 Å². The number of nitrogens with one attached hydrogen (secondary N) is 1. The smallest absolute Gasteiger partial charge is 0.328 e. The van der Waals surface area contributed by atoms with Crippen molar-refractivity contribution < 1.29 is 19.4 Å². The average Bonchev–Trinajstić information content (AvgIpc) is 2.56. The van der Waals surface area contributed by atoms with Gasteiger partial charge < -0.3 is 15.2 Å². The van der Waals surface area contributed by atoms with Crippen molar-refractivity contribution in [1.82, 2.24) is 5.32 Å². The Balaban J connectivity index is 2.02. The lowest BCUT2D eigenvalue weighted by atomic mass is 10.0. The molecule has 0 saturated carbocycles. The second kappa shape index (κ2) is 7.98. The molecule has 0 spiro atoms. The molecular weight excluding hydrogens is 294 g/mol. The molecule has 1 unspecified atom stereocenters. The summed E-state index contributed by atoms with van der Waals surface area (Å²) < 4.78 is 4.76. The van der Waals surface area contributed by atoms with Crippen LogP contribution in [0, 0.1) is 0 Å². The highest BCUT2D eigenvalue weighted by molar-refractivity contribution is 5.85. The first-order valence-electron chi connectivity index (χ1n) is 7.27. The minimum absolute atomic E-state index is 0.150. The van der Waals surface area contributed by atoms with E-state index in [-0.39, 0.29) is 18.1 Å². The minimum Gasteiger partial charge on any atom is -0.508 e. The lowest BCUT2D eigenvalue weighted by Crippen LogP contribution is -2.43. The first-order valence-corrected chi connectivity index (χ1v) is 7.27. The maximum atomic E-state index is 12.1. The third-order valence-corrected chi connectivity index (χ3v) is 3.40. The quantitative estimate of drug-likeness (QED) is 0.798.